The van der Waals surface area contributed by atoms with Gasteiger partial charge in [-0.25, -0.2) is 0 Å². The maximum Gasteiger partial charge on any atom is 0.257 e. The Labute approximate surface area is 123 Å². The van der Waals surface area contributed by atoms with Crippen molar-refractivity contribution in [1.82, 2.24) is 4.90 Å². The minimum Gasteiger partial charge on any atom is -0.496 e. The second kappa shape index (κ2) is 6.33. The fraction of sp³-hybridized carbons (Fsp3) is 0.500. The van der Waals surface area contributed by atoms with Gasteiger partial charge in [0.1, 0.15) is 5.75 Å². The van der Waals surface area contributed by atoms with Crippen LogP contribution in [-0.4, -0.2) is 43.7 Å². The number of benzene rings is 1. The summed E-state index contributed by atoms with van der Waals surface area (Å²) in [6.07, 6.45) is 0.964. The maximum atomic E-state index is 12.6. The van der Waals surface area contributed by atoms with E-state index in [4.69, 9.17) is 26.8 Å². The third kappa shape index (κ3) is 2.99. The molecular formula is C14H19ClN2O3. The van der Waals surface area contributed by atoms with Gasteiger partial charge in [0, 0.05) is 19.2 Å². The van der Waals surface area contributed by atoms with Crippen LogP contribution in [0, 0.1) is 0 Å². The predicted octanol–water partition coefficient (Wildman–Crippen LogP) is 2.18. The minimum absolute atomic E-state index is 0.0861. The van der Waals surface area contributed by atoms with Crippen molar-refractivity contribution in [3.05, 3.63) is 22.7 Å². The van der Waals surface area contributed by atoms with Crippen LogP contribution in [0.3, 0.4) is 0 Å². The molecule has 1 saturated heterocycles. The Morgan fingerprint density at radius 3 is 3.00 bits per heavy atom. The Kier molecular flexibility index (Phi) is 4.73. The third-order valence-corrected chi connectivity index (χ3v) is 3.76. The van der Waals surface area contributed by atoms with Gasteiger partial charge in [-0.3, -0.25) is 4.79 Å². The molecule has 20 heavy (non-hydrogen) atoms. The molecule has 1 aromatic rings. The van der Waals surface area contributed by atoms with Gasteiger partial charge in [-0.2, -0.15) is 0 Å². The Balaban J connectivity index is 2.26. The first kappa shape index (κ1) is 14.9. The van der Waals surface area contributed by atoms with Crippen LogP contribution < -0.4 is 10.5 Å². The summed E-state index contributed by atoms with van der Waals surface area (Å²) < 4.78 is 10.8. The lowest BCUT2D eigenvalue weighted by molar-refractivity contribution is -0.0227. The monoisotopic (exact) mass is 298 g/mol. The molecule has 5 nitrogen and oxygen atoms in total. The van der Waals surface area contributed by atoms with Gasteiger partial charge in [0.15, 0.2) is 0 Å². The molecule has 2 rings (SSSR count). The molecular weight excluding hydrogens is 280 g/mol. The number of carbonyl (C=O) groups is 1. The van der Waals surface area contributed by atoms with Gasteiger partial charge in [0.05, 0.1) is 36.1 Å². The number of halogens is 1. The van der Waals surface area contributed by atoms with Crippen LogP contribution in [0.25, 0.3) is 0 Å². The lowest BCUT2D eigenvalue weighted by Gasteiger charge is -2.32. The Hall–Kier alpha value is -1.46. The van der Waals surface area contributed by atoms with Crippen molar-refractivity contribution >= 4 is 23.2 Å². The third-order valence-electron chi connectivity index (χ3n) is 3.43. The van der Waals surface area contributed by atoms with Gasteiger partial charge in [-0.1, -0.05) is 18.5 Å². The molecule has 1 aromatic carbocycles. The zero-order chi connectivity index (χ0) is 14.7. The SMILES string of the molecule is CCC1CN(C(=O)c2cc(Cl)c(N)cc2OC)CCO1. The highest BCUT2D eigenvalue weighted by atomic mass is 35.5. The second-order valence-corrected chi connectivity index (χ2v) is 5.13. The van der Waals surface area contributed by atoms with Crippen molar-refractivity contribution in [2.45, 2.75) is 19.4 Å². The van der Waals surface area contributed by atoms with Crippen molar-refractivity contribution in [3.8, 4) is 5.75 Å². The first-order valence-corrected chi connectivity index (χ1v) is 6.98. The number of ether oxygens (including phenoxy) is 2. The van der Waals surface area contributed by atoms with E-state index in [9.17, 15) is 4.79 Å². The van der Waals surface area contributed by atoms with Gasteiger partial charge in [0.2, 0.25) is 0 Å². The summed E-state index contributed by atoms with van der Waals surface area (Å²) in [5.74, 6) is 0.335. The molecule has 1 unspecified atom stereocenters. The van der Waals surface area contributed by atoms with Crippen molar-refractivity contribution in [3.63, 3.8) is 0 Å². The van der Waals surface area contributed by atoms with Crippen molar-refractivity contribution in [1.29, 1.82) is 0 Å². The number of hydrogen-bond acceptors (Lipinski definition) is 4. The number of nitrogens with zero attached hydrogens (tertiary/aromatic N) is 1. The molecule has 0 aliphatic carbocycles. The van der Waals surface area contributed by atoms with E-state index in [2.05, 4.69) is 0 Å². The number of morpholine rings is 1. The quantitative estimate of drug-likeness (QED) is 0.869. The fourth-order valence-corrected chi connectivity index (χ4v) is 2.39. The van der Waals surface area contributed by atoms with Crippen molar-refractivity contribution in [2.75, 3.05) is 32.5 Å². The van der Waals surface area contributed by atoms with E-state index < -0.39 is 0 Å². The first-order valence-electron chi connectivity index (χ1n) is 6.60. The number of methoxy groups -OCH3 is 1. The number of hydrogen-bond donors (Lipinski definition) is 1. The Bertz CT molecular complexity index is 507. The number of rotatable bonds is 3. The molecule has 110 valence electrons. The number of carbonyl (C=O) groups excluding carboxylic acids is 1. The van der Waals surface area contributed by atoms with Crippen LogP contribution >= 0.6 is 11.6 Å². The zero-order valence-electron chi connectivity index (χ0n) is 11.7. The van der Waals surface area contributed by atoms with E-state index >= 15 is 0 Å². The zero-order valence-corrected chi connectivity index (χ0v) is 12.4. The van der Waals surface area contributed by atoms with Gasteiger partial charge in [-0.15, -0.1) is 0 Å². The normalized spacial score (nSPS) is 18.9. The lowest BCUT2D eigenvalue weighted by Crippen LogP contribution is -2.45. The van der Waals surface area contributed by atoms with Gasteiger partial charge >= 0.3 is 0 Å². The van der Waals surface area contributed by atoms with E-state index in [1.165, 1.54) is 7.11 Å². The lowest BCUT2D eigenvalue weighted by atomic mass is 10.1. The van der Waals surface area contributed by atoms with E-state index in [0.717, 1.165) is 6.42 Å². The Morgan fingerprint density at radius 2 is 2.35 bits per heavy atom. The Morgan fingerprint density at radius 1 is 1.60 bits per heavy atom. The van der Waals surface area contributed by atoms with E-state index in [1.807, 2.05) is 6.92 Å². The first-order chi connectivity index (χ1) is 9.56. The summed E-state index contributed by atoms with van der Waals surface area (Å²) in [5, 5.41) is 0.356. The second-order valence-electron chi connectivity index (χ2n) is 4.73. The molecule has 1 atom stereocenters. The van der Waals surface area contributed by atoms with Crippen LogP contribution in [0.1, 0.15) is 23.7 Å². The van der Waals surface area contributed by atoms with Crippen molar-refractivity contribution in [2.24, 2.45) is 0 Å². The maximum absolute atomic E-state index is 12.6. The molecule has 0 bridgehead atoms. The average Bonchev–Trinajstić information content (AvgIpc) is 2.48. The molecule has 0 spiro atoms. The number of amides is 1. The minimum atomic E-state index is -0.106. The highest BCUT2D eigenvalue weighted by Gasteiger charge is 2.26. The molecule has 1 aliphatic heterocycles. The van der Waals surface area contributed by atoms with Crippen LogP contribution in [0.5, 0.6) is 5.75 Å². The van der Waals surface area contributed by atoms with E-state index in [0.29, 0.717) is 41.7 Å². The van der Waals surface area contributed by atoms with E-state index in [1.54, 1.807) is 17.0 Å². The molecule has 2 N–H and O–H groups in total. The van der Waals surface area contributed by atoms with Crippen molar-refractivity contribution < 1.29 is 14.3 Å². The standard InChI is InChI=1S/C14H19ClN2O3/c1-3-9-8-17(4-5-20-9)14(18)10-6-11(15)12(16)7-13(10)19-2/h6-7,9H,3-5,8,16H2,1-2H3. The number of nitrogens with two attached hydrogens (primary N) is 1. The molecule has 1 heterocycles. The predicted molar refractivity (Wildman–Crippen MR) is 78.4 cm³/mol. The molecule has 1 amide bonds. The summed E-state index contributed by atoms with van der Waals surface area (Å²) >= 11 is 6.01. The van der Waals surface area contributed by atoms with Crippen LogP contribution in [0.2, 0.25) is 5.02 Å². The largest absolute Gasteiger partial charge is 0.496 e. The molecule has 1 fully saturated rings. The molecule has 0 radical (unpaired) electrons. The molecule has 6 heteroatoms. The summed E-state index contributed by atoms with van der Waals surface area (Å²) in [6, 6.07) is 3.14. The fourth-order valence-electron chi connectivity index (χ4n) is 2.23. The molecule has 1 aliphatic rings. The average molecular weight is 299 g/mol. The highest BCUT2D eigenvalue weighted by Crippen LogP contribution is 2.30. The highest BCUT2D eigenvalue weighted by molar-refractivity contribution is 6.33. The summed E-state index contributed by atoms with van der Waals surface area (Å²) in [5.41, 5.74) is 6.56. The van der Waals surface area contributed by atoms with E-state index in [-0.39, 0.29) is 12.0 Å². The van der Waals surface area contributed by atoms with Gasteiger partial charge in [0.25, 0.3) is 5.91 Å². The summed E-state index contributed by atoms with van der Waals surface area (Å²) in [6.45, 7) is 3.75. The van der Waals surface area contributed by atoms with Crippen LogP contribution in [0.4, 0.5) is 5.69 Å². The molecule has 0 aromatic heterocycles. The van der Waals surface area contributed by atoms with Crippen LogP contribution in [-0.2, 0) is 4.74 Å². The van der Waals surface area contributed by atoms with Crippen LogP contribution in [0.15, 0.2) is 12.1 Å². The smallest absolute Gasteiger partial charge is 0.257 e. The number of anilines is 1. The summed E-state index contributed by atoms with van der Waals surface area (Å²) in [7, 11) is 1.51. The van der Waals surface area contributed by atoms with Gasteiger partial charge in [-0.05, 0) is 12.5 Å². The molecule has 0 saturated carbocycles. The number of nitrogen functional groups attached to an aromatic ring is 1. The summed E-state index contributed by atoms with van der Waals surface area (Å²) in [4.78, 5) is 14.4. The topological polar surface area (TPSA) is 64.8 Å². The van der Waals surface area contributed by atoms with Gasteiger partial charge < -0.3 is 20.1 Å².